The number of benzene rings is 2. The monoisotopic (exact) mass is 641 g/mol. The SMILES string of the molecule is CN1CCC(/C=C(\C#N)C(=O)N2CCC[C@@H]2Cn2nc(-c3ccc(Oc4ccccc4)cc3F)c3c([AsH2])ncnc32)CC1. The molecule has 11 heteroatoms. The van der Waals surface area contributed by atoms with Crippen LogP contribution in [0, 0.1) is 23.1 Å². The molecule has 2 aliphatic heterocycles. The molecule has 0 radical (unpaired) electrons. The first kappa shape index (κ1) is 29.0. The predicted molar refractivity (Wildman–Crippen MR) is 164 cm³/mol. The molecule has 1 unspecified atom stereocenters. The summed E-state index contributed by atoms with van der Waals surface area (Å²) in [5.41, 5.74) is 1.59. The molecule has 43 heavy (non-hydrogen) atoms. The number of piperidine rings is 1. The van der Waals surface area contributed by atoms with Crippen molar-refractivity contribution in [3.05, 3.63) is 72.3 Å². The second-order valence-electron chi connectivity index (χ2n) is 11.2. The summed E-state index contributed by atoms with van der Waals surface area (Å²) in [4.78, 5) is 26.5. The van der Waals surface area contributed by atoms with Crippen LogP contribution in [0.2, 0.25) is 0 Å². The van der Waals surface area contributed by atoms with Crippen LogP contribution in [0.25, 0.3) is 22.3 Å². The van der Waals surface area contributed by atoms with Crippen LogP contribution in [0.5, 0.6) is 11.5 Å². The van der Waals surface area contributed by atoms with Gasteiger partial charge < -0.3 is 4.90 Å². The molecule has 2 fully saturated rings. The number of halogens is 1. The number of hydrogen-bond acceptors (Lipinski definition) is 7. The Morgan fingerprint density at radius 1 is 1.12 bits per heavy atom. The second-order valence-corrected chi connectivity index (χ2v) is 12.3. The molecule has 9 nitrogen and oxygen atoms in total. The number of nitrogens with zero attached hydrogens (tertiary/aromatic N) is 7. The average Bonchev–Trinajstić information content (AvgIpc) is 3.63. The molecule has 4 heterocycles. The number of likely N-dealkylation sites (tertiary alicyclic amines) is 2. The Labute approximate surface area is 258 Å². The Morgan fingerprint density at radius 2 is 1.91 bits per heavy atom. The number of rotatable bonds is 7. The van der Waals surface area contributed by atoms with Gasteiger partial charge in [0.05, 0.1) is 0 Å². The average molecular weight is 642 g/mol. The maximum atomic E-state index is 15.6. The Kier molecular flexibility index (Phi) is 8.55. The molecule has 2 atom stereocenters. The molecule has 0 saturated carbocycles. The number of fused-ring (bicyclic) bond motifs is 1. The number of nitriles is 1. The van der Waals surface area contributed by atoms with Gasteiger partial charge in [-0.15, -0.1) is 0 Å². The number of aromatic nitrogens is 4. The van der Waals surface area contributed by atoms with Crippen molar-refractivity contribution < 1.29 is 13.9 Å². The fourth-order valence-electron chi connectivity index (χ4n) is 5.96. The van der Waals surface area contributed by atoms with Crippen LogP contribution in [0.1, 0.15) is 25.7 Å². The zero-order valence-electron chi connectivity index (χ0n) is 24.0. The standard InChI is InChI=1S/C32H33AsFN7O2/c1-39-14-11-21(12-15-39)16-22(18-35)32(42)40-13-5-6-23(40)19-41-31-28(30(33)36-20-37-31)29(38-41)26-10-9-25(17-27(26)34)43-24-7-3-2-4-8-24/h2-4,7-10,16-17,20-21,23H,5-6,11-15,19,33H2,1H3/b22-16+/t23-/m1/s1. The van der Waals surface area contributed by atoms with Gasteiger partial charge in [-0.25, -0.2) is 0 Å². The zero-order valence-corrected chi connectivity index (χ0v) is 26.4. The number of allylic oxidation sites excluding steroid dienone is 1. The Balaban J connectivity index is 1.27. The Morgan fingerprint density at radius 3 is 2.65 bits per heavy atom. The van der Waals surface area contributed by atoms with Gasteiger partial charge >= 0.3 is 234 Å². The van der Waals surface area contributed by atoms with E-state index in [9.17, 15) is 10.1 Å². The van der Waals surface area contributed by atoms with Gasteiger partial charge in [0.2, 0.25) is 0 Å². The molecule has 0 spiro atoms. The van der Waals surface area contributed by atoms with Crippen molar-refractivity contribution >= 4 is 38.3 Å². The van der Waals surface area contributed by atoms with Gasteiger partial charge in [-0.2, -0.15) is 0 Å². The molecule has 2 aromatic heterocycles. The normalized spacial score (nSPS) is 18.2. The van der Waals surface area contributed by atoms with Crippen molar-refractivity contribution in [2.75, 3.05) is 26.7 Å². The van der Waals surface area contributed by atoms with Crippen molar-refractivity contribution in [3.8, 4) is 28.8 Å². The summed E-state index contributed by atoms with van der Waals surface area (Å²) < 4.78 is 23.9. The van der Waals surface area contributed by atoms with E-state index in [4.69, 9.17) is 9.84 Å². The third-order valence-corrected chi connectivity index (χ3v) is 9.19. The summed E-state index contributed by atoms with van der Waals surface area (Å²) in [6.07, 6.45) is 6.87. The van der Waals surface area contributed by atoms with E-state index in [0.29, 0.717) is 46.9 Å². The van der Waals surface area contributed by atoms with Gasteiger partial charge in [-0.05, 0) is 20.1 Å². The van der Waals surface area contributed by atoms with Crippen LogP contribution >= 0.6 is 0 Å². The number of ether oxygens (including phenoxy) is 1. The fourth-order valence-corrected chi connectivity index (χ4v) is 6.65. The first-order chi connectivity index (χ1) is 20.9. The maximum absolute atomic E-state index is 15.6. The first-order valence-corrected chi connectivity index (χ1v) is 15.7. The molecule has 2 saturated heterocycles. The summed E-state index contributed by atoms with van der Waals surface area (Å²) in [5, 5.41) is 15.4. The number of amides is 1. The minimum absolute atomic E-state index is 0.162. The molecule has 4 aromatic rings. The number of carbonyl (C=O) groups excluding carboxylic acids is 1. The first-order valence-electron chi connectivity index (χ1n) is 14.5. The summed E-state index contributed by atoms with van der Waals surface area (Å²) in [6.45, 7) is 2.88. The molecule has 220 valence electrons. The Hall–Kier alpha value is -4.06. The van der Waals surface area contributed by atoms with E-state index in [1.807, 2.05) is 36.4 Å². The number of carbonyl (C=O) groups is 1. The van der Waals surface area contributed by atoms with Gasteiger partial charge in [0.25, 0.3) is 0 Å². The minimum atomic E-state index is -0.467. The van der Waals surface area contributed by atoms with Gasteiger partial charge in [0.1, 0.15) is 0 Å². The van der Waals surface area contributed by atoms with E-state index in [2.05, 4.69) is 28.0 Å². The Bertz CT molecular complexity index is 1710. The minimum Gasteiger partial charge on any atom is -0.00162 e. The summed E-state index contributed by atoms with van der Waals surface area (Å²) >= 11 is 1.30. The molecule has 2 aromatic carbocycles. The number of para-hydroxylation sites is 1. The third-order valence-electron chi connectivity index (χ3n) is 8.27. The van der Waals surface area contributed by atoms with E-state index in [-0.39, 0.29) is 23.4 Å². The van der Waals surface area contributed by atoms with Crippen LogP contribution in [-0.4, -0.2) is 85.0 Å². The summed E-state index contributed by atoms with van der Waals surface area (Å²) in [5.74, 6) is 0.540. The third kappa shape index (κ3) is 6.19. The van der Waals surface area contributed by atoms with Crippen molar-refractivity contribution in [2.24, 2.45) is 5.92 Å². The summed E-state index contributed by atoms with van der Waals surface area (Å²) in [6, 6.07) is 16.0. The van der Waals surface area contributed by atoms with Crippen LogP contribution < -0.4 is 9.22 Å². The van der Waals surface area contributed by atoms with Gasteiger partial charge in [-0.1, -0.05) is 0 Å². The van der Waals surface area contributed by atoms with Crippen LogP contribution in [0.4, 0.5) is 4.39 Å². The van der Waals surface area contributed by atoms with Gasteiger partial charge in [0, 0.05) is 0 Å². The van der Waals surface area contributed by atoms with Gasteiger partial charge in [0.15, 0.2) is 0 Å². The van der Waals surface area contributed by atoms with E-state index >= 15 is 4.39 Å². The number of hydrogen-bond donors (Lipinski definition) is 0. The van der Waals surface area contributed by atoms with Crippen LogP contribution in [0.3, 0.4) is 0 Å². The van der Waals surface area contributed by atoms with Crippen LogP contribution in [-0.2, 0) is 11.3 Å². The van der Waals surface area contributed by atoms with Crippen molar-refractivity contribution in [1.29, 1.82) is 5.26 Å². The molecule has 0 bridgehead atoms. The van der Waals surface area contributed by atoms with Crippen molar-refractivity contribution in [1.82, 2.24) is 29.5 Å². The molecular formula is C32H33AsFN7O2. The molecule has 2 aliphatic rings. The van der Waals surface area contributed by atoms with E-state index in [0.717, 1.165) is 43.3 Å². The summed E-state index contributed by atoms with van der Waals surface area (Å²) in [7, 11) is 2.09. The van der Waals surface area contributed by atoms with Crippen molar-refractivity contribution in [2.45, 2.75) is 38.3 Å². The van der Waals surface area contributed by atoms with E-state index in [1.165, 1.54) is 29.2 Å². The van der Waals surface area contributed by atoms with Crippen LogP contribution in [0.15, 0.2) is 66.5 Å². The molecule has 0 N–H and O–H groups in total. The molecule has 6 rings (SSSR count). The second kappa shape index (κ2) is 12.7. The molecule has 0 aliphatic carbocycles. The molecular weight excluding hydrogens is 608 g/mol. The van der Waals surface area contributed by atoms with Crippen molar-refractivity contribution in [3.63, 3.8) is 0 Å². The quantitative estimate of drug-likeness (QED) is 0.173. The topological polar surface area (TPSA) is 100 Å². The van der Waals surface area contributed by atoms with Gasteiger partial charge in [-0.3, -0.25) is 0 Å². The van der Waals surface area contributed by atoms with E-state index < -0.39 is 5.82 Å². The molecule has 1 amide bonds. The zero-order chi connectivity index (χ0) is 29.9. The predicted octanol–water partition coefficient (Wildman–Crippen LogP) is 3.47. The van der Waals surface area contributed by atoms with E-state index in [1.54, 1.807) is 21.7 Å². The fraction of sp³-hybridized carbons (Fsp3) is 0.344. The smallest absolute Gasteiger partial charge is 0.00162 e.